The summed E-state index contributed by atoms with van der Waals surface area (Å²) in [7, 11) is 3.92. The van der Waals surface area contributed by atoms with Crippen LogP contribution in [-0.2, 0) is 0 Å². The molecule has 3 nitrogen and oxygen atoms in total. The van der Waals surface area contributed by atoms with Crippen molar-refractivity contribution in [1.82, 2.24) is 4.37 Å². The van der Waals surface area contributed by atoms with Crippen LogP contribution in [0.2, 0.25) is 0 Å². The van der Waals surface area contributed by atoms with Gasteiger partial charge in [-0.05, 0) is 23.7 Å². The van der Waals surface area contributed by atoms with Gasteiger partial charge in [-0.1, -0.05) is 24.3 Å². The molecule has 1 heterocycles. The zero-order valence-corrected chi connectivity index (χ0v) is 12.0. The second-order valence-corrected chi connectivity index (χ2v) is 5.94. The van der Waals surface area contributed by atoms with Crippen molar-refractivity contribution in [3.05, 3.63) is 47.5 Å². The van der Waals surface area contributed by atoms with Crippen LogP contribution >= 0.6 is 11.5 Å². The molecule has 0 saturated heterocycles. The fourth-order valence-electron chi connectivity index (χ4n) is 2.85. The van der Waals surface area contributed by atoms with Gasteiger partial charge in [0.15, 0.2) is 5.78 Å². The van der Waals surface area contributed by atoms with E-state index in [2.05, 4.69) is 4.37 Å². The summed E-state index contributed by atoms with van der Waals surface area (Å²) >= 11 is 1.46. The number of benzene rings is 2. The highest BCUT2D eigenvalue weighted by atomic mass is 32.1. The van der Waals surface area contributed by atoms with Gasteiger partial charge in [0.2, 0.25) is 0 Å². The van der Waals surface area contributed by atoms with Crippen molar-refractivity contribution in [3.63, 3.8) is 0 Å². The molecule has 0 fully saturated rings. The first-order chi connectivity index (χ1) is 9.68. The highest BCUT2D eigenvalue weighted by Gasteiger charge is 2.29. The van der Waals surface area contributed by atoms with Crippen LogP contribution in [0.1, 0.15) is 15.9 Å². The molecule has 1 aliphatic carbocycles. The first kappa shape index (κ1) is 11.6. The first-order valence-corrected chi connectivity index (χ1v) is 7.19. The van der Waals surface area contributed by atoms with E-state index in [0.29, 0.717) is 0 Å². The Hall–Kier alpha value is -2.20. The Morgan fingerprint density at radius 3 is 2.60 bits per heavy atom. The Morgan fingerprint density at radius 2 is 1.80 bits per heavy atom. The Labute approximate surface area is 120 Å². The molecule has 1 aliphatic rings. The molecule has 2 aromatic carbocycles. The third kappa shape index (κ3) is 1.34. The number of rotatable bonds is 1. The molecule has 4 rings (SSSR count). The molecule has 0 atom stereocenters. The van der Waals surface area contributed by atoms with E-state index in [-0.39, 0.29) is 5.78 Å². The van der Waals surface area contributed by atoms with Gasteiger partial charge in [0.1, 0.15) is 0 Å². The van der Waals surface area contributed by atoms with Crippen LogP contribution in [0.3, 0.4) is 0 Å². The van der Waals surface area contributed by atoms with E-state index < -0.39 is 0 Å². The summed E-state index contributed by atoms with van der Waals surface area (Å²) in [4.78, 5) is 14.8. The molecule has 98 valence electrons. The fraction of sp³-hybridized carbons (Fsp3) is 0.125. The Kier molecular flexibility index (Phi) is 2.26. The SMILES string of the molecule is CN(C)c1cccc2c1C(=O)c1cccc3snc-2c13. The van der Waals surface area contributed by atoms with Crippen molar-refractivity contribution in [2.75, 3.05) is 19.0 Å². The molecule has 20 heavy (non-hydrogen) atoms. The summed E-state index contributed by atoms with van der Waals surface area (Å²) in [6.45, 7) is 0. The lowest BCUT2D eigenvalue weighted by Crippen LogP contribution is -2.17. The van der Waals surface area contributed by atoms with Crippen LogP contribution in [0, 0.1) is 0 Å². The van der Waals surface area contributed by atoms with E-state index in [0.717, 1.165) is 38.2 Å². The third-order valence-corrected chi connectivity index (χ3v) is 4.56. The lowest BCUT2D eigenvalue weighted by molar-refractivity contribution is 0.104. The second-order valence-electron chi connectivity index (χ2n) is 5.13. The lowest BCUT2D eigenvalue weighted by Gasteiger charge is -2.22. The third-order valence-electron chi connectivity index (χ3n) is 3.75. The van der Waals surface area contributed by atoms with E-state index >= 15 is 0 Å². The summed E-state index contributed by atoms with van der Waals surface area (Å²) in [6.07, 6.45) is 0. The molecule has 0 N–H and O–H groups in total. The topological polar surface area (TPSA) is 33.2 Å². The lowest BCUT2D eigenvalue weighted by atomic mass is 9.86. The monoisotopic (exact) mass is 280 g/mol. The van der Waals surface area contributed by atoms with Crippen LogP contribution in [0.4, 0.5) is 5.69 Å². The summed E-state index contributed by atoms with van der Waals surface area (Å²) in [5, 5.41) is 1.01. The van der Waals surface area contributed by atoms with Crippen LogP contribution in [-0.4, -0.2) is 24.3 Å². The van der Waals surface area contributed by atoms with Crippen molar-refractivity contribution < 1.29 is 4.79 Å². The molecule has 1 aromatic heterocycles. The molecular weight excluding hydrogens is 268 g/mol. The van der Waals surface area contributed by atoms with Gasteiger partial charge in [-0.15, -0.1) is 0 Å². The minimum atomic E-state index is 0.0996. The zero-order chi connectivity index (χ0) is 13.9. The number of hydrogen-bond acceptors (Lipinski definition) is 4. The molecule has 0 radical (unpaired) electrons. The number of anilines is 1. The van der Waals surface area contributed by atoms with E-state index in [1.54, 1.807) is 0 Å². The second kappa shape index (κ2) is 3.90. The van der Waals surface area contributed by atoms with E-state index in [9.17, 15) is 4.79 Å². The van der Waals surface area contributed by atoms with Crippen LogP contribution in [0.25, 0.3) is 21.3 Å². The van der Waals surface area contributed by atoms with Crippen molar-refractivity contribution in [2.45, 2.75) is 0 Å². The molecule has 0 saturated carbocycles. The van der Waals surface area contributed by atoms with Gasteiger partial charge in [0, 0.05) is 36.3 Å². The van der Waals surface area contributed by atoms with Gasteiger partial charge in [-0.3, -0.25) is 4.79 Å². The quantitative estimate of drug-likeness (QED) is 0.534. The van der Waals surface area contributed by atoms with Gasteiger partial charge in [0.05, 0.1) is 16.0 Å². The van der Waals surface area contributed by atoms with E-state index in [1.165, 1.54) is 11.5 Å². The number of carbonyl (C=O) groups excluding carboxylic acids is 1. The first-order valence-electron chi connectivity index (χ1n) is 6.42. The predicted molar refractivity (Wildman–Crippen MR) is 82.8 cm³/mol. The van der Waals surface area contributed by atoms with Gasteiger partial charge in [-0.2, -0.15) is 4.37 Å². The van der Waals surface area contributed by atoms with E-state index in [4.69, 9.17) is 0 Å². The predicted octanol–water partition coefficient (Wildman–Crippen LogP) is 3.57. The Morgan fingerprint density at radius 1 is 1.05 bits per heavy atom. The maximum absolute atomic E-state index is 12.9. The Bertz CT molecular complexity index is 864. The van der Waals surface area contributed by atoms with Crippen molar-refractivity contribution in [1.29, 1.82) is 0 Å². The molecule has 0 bridgehead atoms. The maximum Gasteiger partial charge on any atom is 0.196 e. The fourth-order valence-corrected chi connectivity index (χ4v) is 3.67. The normalized spacial score (nSPS) is 12.6. The van der Waals surface area contributed by atoms with Gasteiger partial charge in [0.25, 0.3) is 0 Å². The van der Waals surface area contributed by atoms with Crippen LogP contribution in [0.15, 0.2) is 36.4 Å². The molecule has 0 amide bonds. The molecular formula is C16H12N2OS. The Balaban J connectivity index is 2.18. The summed E-state index contributed by atoms with van der Waals surface area (Å²) in [5.74, 6) is 0.0996. The number of carbonyl (C=O) groups is 1. The number of hydrogen-bond donors (Lipinski definition) is 0. The van der Waals surface area contributed by atoms with Gasteiger partial charge in [-0.25, -0.2) is 0 Å². The van der Waals surface area contributed by atoms with Crippen LogP contribution in [0.5, 0.6) is 0 Å². The summed E-state index contributed by atoms with van der Waals surface area (Å²) in [6, 6.07) is 11.8. The van der Waals surface area contributed by atoms with Crippen LogP contribution < -0.4 is 4.90 Å². The van der Waals surface area contributed by atoms with E-state index in [1.807, 2.05) is 55.4 Å². The highest BCUT2D eigenvalue weighted by Crippen LogP contribution is 2.43. The zero-order valence-electron chi connectivity index (χ0n) is 11.2. The highest BCUT2D eigenvalue weighted by molar-refractivity contribution is 7.13. The molecule has 4 heteroatoms. The number of fused-ring (bicyclic) bond motifs is 2. The number of aromatic nitrogens is 1. The summed E-state index contributed by atoms with van der Waals surface area (Å²) < 4.78 is 5.65. The molecule has 0 spiro atoms. The molecule has 0 unspecified atom stereocenters. The number of nitrogens with zero attached hydrogens (tertiary/aromatic N) is 2. The average molecular weight is 280 g/mol. The van der Waals surface area contributed by atoms with Gasteiger partial charge < -0.3 is 4.90 Å². The van der Waals surface area contributed by atoms with Crippen molar-refractivity contribution >= 4 is 33.1 Å². The minimum Gasteiger partial charge on any atom is -0.377 e. The maximum atomic E-state index is 12.9. The standard InChI is InChI=1S/C16H12N2OS/c1-18(2)11-7-3-5-9-13(11)16(19)10-6-4-8-12-14(10)15(9)17-20-12/h3-8H,1-2H3. The number of ketones is 1. The largest absolute Gasteiger partial charge is 0.377 e. The van der Waals surface area contributed by atoms with Crippen molar-refractivity contribution in [2.24, 2.45) is 0 Å². The van der Waals surface area contributed by atoms with Crippen molar-refractivity contribution in [3.8, 4) is 11.3 Å². The minimum absolute atomic E-state index is 0.0996. The van der Waals surface area contributed by atoms with Gasteiger partial charge >= 0.3 is 0 Å². The average Bonchev–Trinajstić information content (AvgIpc) is 2.89. The summed E-state index contributed by atoms with van der Waals surface area (Å²) in [5.41, 5.74) is 4.38. The molecule has 3 aromatic rings. The smallest absolute Gasteiger partial charge is 0.196 e. The molecule has 0 aliphatic heterocycles.